The van der Waals surface area contributed by atoms with E-state index in [1.54, 1.807) is 19.9 Å². The number of hydrogen-bond acceptors (Lipinski definition) is 3. The number of carbonyl (C=O) groups excluding carboxylic acids is 3. The van der Waals surface area contributed by atoms with Gasteiger partial charge in [0.15, 0.2) is 5.41 Å². The average Bonchev–Trinajstić information content (AvgIpc) is 2.38. The molecule has 0 aliphatic carbocycles. The normalized spacial score (nSPS) is 25.1. The topological polar surface area (TPSA) is 66.5 Å². The van der Waals surface area contributed by atoms with E-state index in [1.807, 2.05) is 6.92 Å². The van der Waals surface area contributed by atoms with Crippen LogP contribution in [0.25, 0.3) is 0 Å². The number of nitrogens with one attached hydrogen (secondary N) is 1. The Balaban J connectivity index is 3.35. The molecule has 1 heterocycles. The van der Waals surface area contributed by atoms with Gasteiger partial charge in [0.25, 0.3) is 5.91 Å². The summed E-state index contributed by atoms with van der Waals surface area (Å²) in [6.07, 6.45) is 3.79. The number of allylic oxidation sites excluding steroid dienone is 1. The van der Waals surface area contributed by atoms with E-state index in [1.165, 1.54) is 13.1 Å². The summed E-state index contributed by atoms with van der Waals surface area (Å²) in [6.45, 7) is 5.32. The zero-order valence-corrected chi connectivity index (χ0v) is 11.6. The zero-order chi connectivity index (χ0) is 14.6. The van der Waals surface area contributed by atoms with E-state index in [9.17, 15) is 14.4 Å². The van der Waals surface area contributed by atoms with Crippen LogP contribution in [-0.4, -0.2) is 29.8 Å². The van der Waals surface area contributed by atoms with Gasteiger partial charge >= 0.3 is 6.03 Å². The van der Waals surface area contributed by atoms with Gasteiger partial charge in [0.1, 0.15) is 0 Å². The number of carbonyl (C=O) groups is 3. The summed E-state index contributed by atoms with van der Waals surface area (Å²) in [7, 11) is 1.35. The first-order chi connectivity index (χ1) is 8.91. The molecule has 1 aliphatic heterocycles. The van der Waals surface area contributed by atoms with E-state index in [2.05, 4.69) is 17.2 Å². The number of amides is 4. The first-order valence-electron chi connectivity index (χ1n) is 6.17. The molecular formula is C14H18N2O3. The molecule has 5 nitrogen and oxygen atoms in total. The van der Waals surface area contributed by atoms with Crippen LogP contribution in [0.1, 0.15) is 27.2 Å². The van der Waals surface area contributed by atoms with Gasteiger partial charge in [-0.1, -0.05) is 25.0 Å². The quantitative estimate of drug-likeness (QED) is 0.463. The second kappa shape index (κ2) is 5.70. The Hall–Kier alpha value is -2.09. The van der Waals surface area contributed by atoms with Gasteiger partial charge in [-0.2, -0.15) is 0 Å². The van der Waals surface area contributed by atoms with Crippen LogP contribution in [0.3, 0.4) is 0 Å². The van der Waals surface area contributed by atoms with Crippen LogP contribution in [0.15, 0.2) is 12.2 Å². The first-order valence-corrected chi connectivity index (χ1v) is 6.17. The number of rotatable bonds is 2. The molecule has 0 aromatic carbocycles. The third-order valence-corrected chi connectivity index (χ3v) is 3.17. The van der Waals surface area contributed by atoms with Crippen molar-refractivity contribution in [2.45, 2.75) is 27.2 Å². The van der Waals surface area contributed by atoms with Crippen molar-refractivity contribution in [3.05, 3.63) is 12.2 Å². The summed E-state index contributed by atoms with van der Waals surface area (Å²) in [5.74, 6) is 4.11. The lowest BCUT2D eigenvalue weighted by atomic mass is 9.73. The Morgan fingerprint density at radius 2 is 2.05 bits per heavy atom. The molecule has 1 fully saturated rings. The lowest BCUT2D eigenvalue weighted by Gasteiger charge is -2.37. The molecular weight excluding hydrogens is 244 g/mol. The molecule has 0 aromatic rings. The molecule has 4 amide bonds. The van der Waals surface area contributed by atoms with Crippen LogP contribution in [0.4, 0.5) is 4.79 Å². The average molecular weight is 262 g/mol. The molecule has 5 heteroatoms. The number of hydrogen-bond donors (Lipinski definition) is 1. The summed E-state index contributed by atoms with van der Waals surface area (Å²) in [4.78, 5) is 36.9. The molecule has 1 saturated heterocycles. The maximum absolute atomic E-state index is 12.4. The molecule has 0 bridgehead atoms. The molecule has 2 atom stereocenters. The van der Waals surface area contributed by atoms with E-state index in [0.29, 0.717) is 6.42 Å². The van der Waals surface area contributed by atoms with Gasteiger partial charge in [0, 0.05) is 19.4 Å². The van der Waals surface area contributed by atoms with Crippen LogP contribution in [0.2, 0.25) is 0 Å². The molecule has 0 spiro atoms. The van der Waals surface area contributed by atoms with Crippen molar-refractivity contribution in [2.24, 2.45) is 11.3 Å². The minimum atomic E-state index is -1.43. The second-order valence-electron chi connectivity index (χ2n) is 4.39. The second-order valence-corrected chi connectivity index (χ2v) is 4.39. The Kier molecular flexibility index (Phi) is 4.49. The zero-order valence-electron chi connectivity index (χ0n) is 11.6. The van der Waals surface area contributed by atoms with Crippen LogP contribution >= 0.6 is 0 Å². The van der Waals surface area contributed by atoms with E-state index in [0.717, 1.165) is 4.90 Å². The Morgan fingerprint density at radius 1 is 1.42 bits per heavy atom. The Morgan fingerprint density at radius 3 is 2.58 bits per heavy atom. The van der Waals surface area contributed by atoms with Gasteiger partial charge in [-0.3, -0.25) is 19.8 Å². The van der Waals surface area contributed by atoms with Crippen LogP contribution in [0.5, 0.6) is 0 Å². The Labute approximate surface area is 113 Å². The summed E-state index contributed by atoms with van der Waals surface area (Å²) >= 11 is 0. The fourth-order valence-electron chi connectivity index (χ4n) is 2.06. The highest BCUT2D eigenvalue weighted by molar-refractivity contribution is 6.20. The molecule has 19 heavy (non-hydrogen) atoms. The fraction of sp³-hybridized carbons (Fsp3) is 0.500. The number of imide groups is 2. The predicted molar refractivity (Wildman–Crippen MR) is 70.8 cm³/mol. The summed E-state index contributed by atoms with van der Waals surface area (Å²) in [5, 5.41) is 2.20. The van der Waals surface area contributed by atoms with Crippen LogP contribution in [-0.2, 0) is 9.59 Å². The summed E-state index contributed by atoms with van der Waals surface area (Å²) in [6, 6.07) is -0.703. The van der Waals surface area contributed by atoms with Gasteiger partial charge in [-0.15, -0.1) is 5.92 Å². The third-order valence-electron chi connectivity index (χ3n) is 3.17. The van der Waals surface area contributed by atoms with Gasteiger partial charge in [0.2, 0.25) is 5.91 Å². The number of barbiturate groups is 1. The number of nitrogens with zero attached hydrogens (tertiary/aromatic N) is 1. The standard InChI is InChI=1S/C14H18N2O3/c1-5-7-8-10(3)14(9-6-2)11(17)15-13(19)16(4)12(14)18/h6,9-10H,5H2,1-4H3,(H,15,17,19)/b9-6+. The number of urea groups is 1. The van der Waals surface area contributed by atoms with Crippen molar-refractivity contribution in [1.82, 2.24) is 10.2 Å². The molecule has 102 valence electrons. The van der Waals surface area contributed by atoms with E-state index in [-0.39, 0.29) is 0 Å². The van der Waals surface area contributed by atoms with E-state index < -0.39 is 29.2 Å². The highest BCUT2D eigenvalue weighted by Crippen LogP contribution is 2.34. The fourth-order valence-corrected chi connectivity index (χ4v) is 2.06. The third kappa shape index (κ3) is 2.39. The van der Waals surface area contributed by atoms with Gasteiger partial charge in [-0.25, -0.2) is 4.79 Å². The van der Waals surface area contributed by atoms with Crippen molar-refractivity contribution in [2.75, 3.05) is 7.05 Å². The Bertz CT molecular complexity index is 499. The summed E-state index contributed by atoms with van der Waals surface area (Å²) in [5.41, 5.74) is -1.43. The lowest BCUT2D eigenvalue weighted by molar-refractivity contribution is -0.148. The highest BCUT2D eigenvalue weighted by atomic mass is 16.2. The van der Waals surface area contributed by atoms with Gasteiger partial charge in [0.05, 0.1) is 0 Å². The highest BCUT2D eigenvalue weighted by Gasteiger charge is 2.54. The van der Waals surface area contributed by atoms with Gasteiger partial charge in [-0.05, 0) is 13.8 Å². The monoisotopic (exact) mass is 262 g/mol. The van der Waals surface area contributed by atoms with Crippen LogP contribution in [0, 0.1) is 23.2 Å². The van der Waals surface area contributed by atoms with Crippen LogP contribution < -0.4 is 5.32 Å². The minimum absolute atomic E-state index is 0.508. The minimum Gasteiger partial charge on any atom is -0.276 e. The molecule has 1 N–H and O–H groups in total. The summed E-state index contributed by atoms with van der Waals surface area (Å²) < 4.78 is 0. The molecule has 0 radical (unpaired) electrons. The van der Waals surface area contributed by atoms with E-state index >= 15 is 0 Å². The van der Waals surface area contributed by atoms with Crippen molar-refractivity contribution < 1.29 is 14.4 Å². The van der Waals surface area contributed by atoms with Crippen molar-refractivity contribution in [1.29, 1.82) is 0 Å². The molecule has 0 aromatic heterocycles. The largest absolute Gasteiger partial charge is 0.330 e. The van der Waals surface area contributed by atoms with Crippen molar-refractivity contribution in [3.8, 4) is 11.8 Å². The molecule has 0 saturated carbocycles. The van der Waals surface area contributed by atoms with Crippen molar-refractivity contribution in [3.63, 3.8) is 0 Å². The SMILES string of the molecule is C/C=C/C1(C(C)C#CCC)C(=O)NC(=O)N(C)C1=O. The molecule has 1 rings (SSSR count). The predicted octanol–water partition coefficient (Wildman–Crippen LogP) is 1.31. The van der Waals surface area contributed by atoms with E-state index in [4.69, 9.17) is 0 Å². The smallest absolute Gasteiger partial charge is 0.276 e. The maximum atomic E-state index is 12.4. The maximum Gasteiger partial charge on any atom is 0.330 e. The lowest BCUT2D eigenvalue weighted by Crippen LogP contribution is -2.64. The van der Waals surface area contributed by atoms with Crippen molar-refractivity contribution >= 4 is 17.8 Å². The molecule has 1 aliphatic rings. The first kappa shape index (κ1) is 15.0. The van der Waals surface area contributed by atoms with Gasteiger partial charge < -0.3 is 0 Å². The molecule has 2 unspecified atom stereocenters.